The molecule has 1 aliphatic heterocycles. The molecule has 0 aromatic heterocycles. The first-order chi connectivity index (χ1) is 20.9. The Labute approximate surface area is 265 Å². The summed E-state index contributed by atoms with van der Waals surface area (Å²) in [5, 5.41) is 14.7. The van der Waals surface area contributed by atoms with Crippen molar-refractivity contribution in [3.63, 3.8) is 0 Å². The Morgan fingerprint density at radius 1 is 1.20 bits per heavy atom. The van der Waals surface area contributed by atoms with Gasteiger partial charge in [0, 0.05) is 41.2 Å². The fourth-order valence-corrected chi connectivity index (χ4v) is 6.58. The molecule has 0 saturated carbocycles. The number of aliphatic hydroxyl groups excluding tert-OH is 1. The first-order valence-corrected chi connectivity index (χ1v) is 15.8. The summed E-state index contributed by atoms with van der Waals surface area (Å²) in [4.78, 5) is 54.6. The average molecular weight is 645 g/mol. The molecule has 0 bridgehead atoms. The van der Waals surface area contributed by atoms with E-state index in [2.05, 4.69) is 5.32 Å². The number of primary amides is 1. The molecule has 5 unspecified atom stereocenters. The van der Waals surface area contributed by atoms with Crippen molar-refractivity contribution in [1.82, 2.24) is 5.32 Å². The van der Waals surface area contributed by atoms with Gasteiger partial charge in [-0.05, 0) is 29.9 Å². The minimum atomic E-state index is -2.00. The maximum Gasteiger partial charge on any atom is 0.240 e. The lowest BCUT2D eigenvalue weighted by Gasteiger charge is -2.38. The number of carbonyl (C=O) groups excluding carboxylic acids is 4. The zero-order valence-electron chi connectivity index (χ0n) is 25.5. The number of aliphatic hydroxyl groups is 1. The molecule has 236 valence electrons. The van der Waals surface area contributed by atoms with Crippen molar-refractivity contribution in [3.05, 3.63) is 57.8 Å². The number of nitrogens with two attached hydrogens (primary N) is 1. The van der Waals surface area contributed by atoms with E-state index in [1.54, 1.807) is 26.0 Å². The lowest BCUT2D eigenvalue weighted by atomic mass is 9.69. The summed E-state index contributed by atoms with van der Waals surface area (Å²) in [5.74, 6) is -4.62. The summed E-state index contributed by atoms with van der Waals surface area (Å²) < 4.78 is 17.1. The number of halogens is 1. The van der Waals surface area contributed by atoms with Crippen LogP contribution in [0.4, 0.5) is 0 Å². The van der Waals surface area contributed by atoms with Gasteiger partial charge in [0.2, 0.25) is 23.2 Å². The van der Waals surface area contributed by atoms with Crippen LogP contribution in [-0.2, 0) is 14.4 Å². The Morgan fingerprint density at radius 2 is 1.84 bits per heavy atom. The number of ketones is 2. The highest BCUT2D eigenvalue weighted by Crippen LogP contribution is 2.55. The molecule has 2 amide bonds. The molecule has 1 aliphatic carbocycles. The van der Waals surface area contributed by atoms with Crippen LogP contribution in [0.1, 0.15) is 61.9 Å². The first kappa shape index (κ1) is 33.2. The van der Waals surface area contributed by atoms with Crippen molar-refractivity contribution in [2.24, 2.45) is 17.6 Å². The molecule has 0 radical (unpaired) electrons. The number of thioether (sulfide) groups is 1. The average Bonchev–Trinajstić information content (AvgIpc) is 3.32. The van der Waals surface area contributed by atoms with Gasteiger partial charge in [0.25, 0.3) is 0 Å². The number of hydrogen-bond acceptors (Lipinski definition) is 9. The summed E-state index contributed by atoms with van der Waals surface area (Å²) in [5.41, 5.74) is 4.02. The van der Waals surface area contributed by atoms with Gasteiger partial charge in [0.05, 0.1) is 14.2 Å². The number of benzene rings is 2. The quantitative estimate of drug-likeness (QED) is 0.287. The van der Waals surface area contributed by atoms with Gasteiger partial charge in [0.1, 0.15) is 28.1 Å². The SMILES string of the molecule is CCC(C)C(NC(=O)CC(C1=C(O)C2(Oc3c(Cl)c(OC)cc(OC)c3C2=O)C(C)CC1=O)c1ccc(SC)cc1)C(N)=O. The van der Waals surface area contributed by atoms with Crippen LogP contribution in [0.5, 0.6) is 17.2 Å². The van der Waals surface area contributed by atoms with Gasteiger partial charge in [0.15, 0.2) is 17.3 Å². The second-order valence-corrected chi connectivity index (χ2v) is 12.4. The Balaban J connectivity index is 1.88. The fourth-order valence-electron chi connectivity index (χ4n) is 5.91. The van der Waals surface area contributed by atoms with Gasteiger partial charge < -0.3 is 30.4 Å². The topological polar surface area (TPSA) is 154 Å². The zero-order chi connectivity index (χ0) is 32.5. The minimum absolute atomic E-state index is 0.0121. The molecule has 12 heteroatoms. The minimum Gasteiger partial charge on any atom is -0.507 e. The highest BCUT2D eigenvalue weighted by Gasteiger charge is 2.61. The molecule has 2 aromatic carbocycles. The van der Waals surface area contributed by atoms with Crippen LogP contribution in [-0.4, -0.2) is 60.6 Å². The number of Topliss-reactive ketones (excluding diaryl/α,β-unsaturated/α-hetero) is 2. The predicted molar refractivity (Wildman–Crippen MR) is 167 cm³/mol. The molecular formula is C32H37ClN2O8S. The van der Waals surface area contributed by atoms with Crippen molar-refractivity contribution >= 4 is 46.7 Å². The summed E-state index contributed by atoms with van der Waals surface area (Å²) in [6, 6.07) is 7.72. The van der Waals surface area contributed by atoms with E-state index in [0.717, 1.165) is 4.90 Å². The Hall–Kier alpha value is -3.70. The van der Waals surface area contributed by atoms with Crippen LogP contribution >= 0.6 is 23.4 Å². The lowest BCUT2D eigenvalue weighted by molar-refractivity contribution is -0.128. The number of carbonyl (C=O) groups is 4. The van der Waals surface area contributed by atoms with E-state index >= 15 is 0 Å². The first-order valence-electron chi connectivity index (χ1n) is 14.2. The van der Waals surface area contributed by atoms with E-state index in [9.17, 15) is 24.3 Å². The number of methoxy groups -OCH3 is 2. The van der Waals surface area contributed by atoms with Crippen LogP contribution in [0.25, 0.3) is 0 Å². The van der Waals surface area contributed by atoms with Crippen molar-refractivity contribution in [3.8, 4) is 17.2 Å². The Kier molecular flexibility index (Phi) is 9.90. The second kappa shape index (κ2) is 13.1. The number of fused-ring (bicyclic) bond motifs is 1. The fraction of sp³-hybridized carbons (Fsp3) is 0.438. The van der Waals surface area contributed by atoms with Crippen LogP contribution in [0, 0.1) is 11.8 Å². The number of hydrogen-bond donors (Lipinski definition) is 3. The molecule has 1 heterocycles. The lowest BCUT2D eigenvalue weighted by Crippen LogP contribution is -2.53. The smallest absolute Gasteiger partial charge is 0.240 e. The third kappa shape index (κ3) is 5.63. The van der Waals surface area contributed by atoms with E-state index in [4.69, 9.17) is 31.5 Å². The van der Waals surface area contributed by atoms with Crippen LogP contribution in [0.2, 0.25) is 5.02 Å². The molecule has 5 atom stereocenters. The van der Waals surface area contributed by atoms with Crippen molar-refractivity contribution in [2.75, 3.05) is 20.5 Å². The standard InChI is InChI=1S/C32H37ClN2O8S/c1-7-15(2)27(31(34)40)35-23(37)13-19(17-8-10-18(44-6)11-9-17)24-20(36)12-16(3)32(29(24)38)30(39)25-21(41-4)14-22(42-5)26(33)28(25)43-32/h8-11,14-16,19,27,38H,7,12-13H2,1-6H3,(H2,34,40)(H,35,37). The van der Waals surface area contributed by atoms with Crippen LogP contribution in [0.15, 0.2) is 46.6 Å². The summed E-state index contributed by atoms with van der Waals surface area (Å²) in [7, 11) is 2.78. The Morgan fingerprint density at radius 3 is 2.39 bits per heavy atom. The summed E-state index contributed by atoms with van der Waals surface area (Å²) in [6.07, 6.45) is 2.04. The van der Waals surface area contributed by atoms with Gasteiger partial charge in [-0.3, -0.25) is 19.2 Å². The number of amides is 2. The third-order valence-corrected chi connectivity index (χ3v) is 9.71. The second-order valence-electron chi connectivity index (χ2n) is 11.1. The van der Waals surface area contributed by atoms with Crippen molar-refractivity contribution in [2.45, 2.75) is 62.5 Å². The van der Waals surface area contributed by atoms with E-state index < -0.39 is 52.6 Å². The Bertz CT molecular complexity index is 1530. The van der Waals surface area contributed by atoms with E-state index in [1.165, 1.54) is 32.0 Å². The van der Waals surface area contributed by atoms with Gasteiger partial charge in [-0.15, -0.1) is 11.8 Å². The molecule has 44 heavy (non-hydrogen) atoms. The number of ether oxygens (including phenoxy) is 3. The molecule has 2 aromatic rings. The van der Waals surface area contributed by atoms with E-state index in [0.29, 0.717) is 12.0 Å². The van der Waals surface area contributed by atoms with E-state index in [1.807, 2.05) is 25.3 Å². The highest BCUT2D eigenvalue weighted by molar-refractivity contribution is 7.98. The number of allylic oxidation sites excluding steroid dienone is 1. The molecule has 0 fully saturated rings. The summed E-state index contributed by atoms with van der Waals surface area (Å²) in [6.45, 7) is 5.30. The van der Waals surface area contributed by atoms with Gasteiger partial charge in [-0.25, -0.2) is 0 Å². The summed E-state index contributed by atoms with van der Waals surface area (Å²) >= 11 is 8.08. The molecule has 1 spiro atoms. The monoisotopic (exact) mass is 644 g/mol. The normalized spacial score (nSPS) is 21.4. The van der Waals surface area contributed by atoms with Crippen molar-refractivity contribution < 1.29 is 38.5 Å². The maximum absolute atomic E-state index is 14.2. The zero-order valence-corrected chi connectivity index (χ0v) is 27.1. The molecule has 4 rings (SSSR count). The molecule has 2 aliphatic rings. The van der Waals surface area contributed by atoms with Crippen LogP contribution in [0.3, 0.4) is 0 Å². The predicted octanol–water partition coefficient (Wildman–Crippen LogP) is 5.00. The maximum atomic E-state index is 14.2. The highest BCUT2D eigenvalue weighted by atomic mass is 35.5. The van der Waals surface area contributed by atoms with Gasteiger partial charge in [-0.1, -0.05) is 50.9 Å². The van der Waals surface area contributed by atoms with Crippen LogP contribution < -0.4 is 25.3 Å². The van der Waals surface area contributed by atoms with Gasteiger partial charge >= 0.3 is 0 Å². The van der Waals surface area contributed by atoms with Crippen molar-refractivity contribution in [1.29, 1.82) is 0 Å². The van der Waals surface area contributed by atoms with E-state index in [-0.39, 0.29) is 52.2 Å². The van der Waals surface area contributed by atoms with Gasteiger partial charge in [-0.2, -0.15) is 0 Å². The largest absolute Gasteiger partial charge is 0.507 e. The number of rotatable bonds is 11. The molecular weight excluding hydrogens is 608 g/mol. The molecule has 10 nitrogen and oxygen atoms in total. The molecule has 0 saturated heterocycles. The number of nitrogens with one attached hydrogen (secondary N) is 1. The molecule has 4 N–H and O–H groups in total. The third-order valence-electron chi connectivity index (χ3n) is 8.60.